The van der Waals surface area contributed by atoms with Crippen molar-refractivity contribution in [3.05, 3.63) is 34.4 Å². The van der Waals surface area contributed by atoms with Crippen molar-refractivity contribution in [2.45, 2.75) is 45.1 Å². The molecule has 0 fully saturated rings. The molecule has 106 valence electrons. The molecule has 0 aromatic heterocycles. The van der Waals surface area contributed by atoms with E-state index < -0.39 is 10.5 Å². The summed E-state index contributed by atoms with van der Waals surface area (Å²) in [6.45, 7) is 4.48. The Bertz CT molecular complexity index is 415. The van der Waals surface area contributed by atoms with Crippen molar-refractivity contribution in [1.82, 2.24) is 0 Å². The first-order valence-corrected chi connectivity index (χ1v) is 6.71. The highest BCUT2D eigenvalue weighted by Gasteiger charge is 2.31. The molecule has 0 amide bonds. The third-order valence-corrected chi connectivity index (χ3v) is 3.17. The first kappa shape index (κ1) is 15.4. The number of rotatable bonds is 8. The van der Waals surface area contributed by atoms with Gasteiger partial charge in [0.05, 0.1) is 4.92 Å². The molecule has 5 nitrogen and oxygen atoms in total. The second kappa shape index (κ2) is 7.09. The minimum atomic E-state index is -0.504. The monoisotopic (exact) mass is 266 g/mol. The van der Waals surface area contributed by atoms with Gasteiger partial charge >= 0.3 is 5.69 Å². The SMILES string of the molecule is CCCC(CN)(CCC)Oc1ccccc1[N+](=O)[O-]. The highest BCUT2D eigenvalue weighted by molar-refractivity contribution is 5.46. The Morgan fingerprint density at radius 1 is 1.26 bits per heavy atom. The van der Waals surface area contributed by atoms with Crippen LogP contribution in [-0.4, -0.2) is 17.1 Å². The van der Waals surface area contributed by atoms with Crippen LogP contribution >= 0.6 is 0 Å². The summed E-state index contributed by atoms with van der Waals surface area (Å²) in [6.07, 6.45) is 3.45. The first-order chi connectivity index (χ1) is 9.08. The van der Waals surface area contributed by atoms with Crippen LogP contribution in [0.4, 0.5) is 5.69 Å². The van der Waals surface area contributed by atoms with E-state index in [2.05, 4.69) is 13.8 Å². The molecule has 19 heavy (non-hydrogen) atoms. The van der Waals surface area contributed by atoms with Crippen molar-refractivity contribution in [3.8, 4) is 5.75 Å². The van der Waals surface area contributed by atoms with E-state index in [1.54, 1.807) is 18.2 Å². The van der Waals surface area contributed by atoms with Crippen LogP contribution in [0.3, 0.4) is 0 Å². The summed E-state index contributed by atoms with van der Waals surface area (Å²) >= 11 is 0. The lowest BCUT2D eigenvalue weighted by Crippen LogP contribution is -2.43. The van der Waals surface area contributed by atoms with Crippen LogP contribution in [-0.2, 0) is 0 Å². The summed E-state index contributed by atoms with van der Waals surface area (Å²) in [5, 5.41) is 11.0. The lowest BCUT2D eigenvalue weighted by Gasteiger charge is -2.32. The van der Waals surface area contributed by atoms with Gasteiger partial charge in [-0.15, -0.1) is 0 Å². The number of ether oxygens (including phenoxy) is 1. The third-order valence-electron chi connectivity index (χ3n) is 3.17. The lowest BCUT2D eigenvalue weighted by molar-refractivity contribution is -0.386. The average molecular weight is 266 g/mol. The zero-order chi connectivity index (χ0) is 14.3. The van der Waals surface area contributed by atoms with Crippen molar-refractivity contribution >= 4 is 5.69 Å². The van der Waals surface area contributed by atoms with Crippen molar-refractivity contribution in [2.24, 2.45) is 5.73 Å². The van der Waals surface area contributed by atoms with Crippen molar-refractivity contribution in [3.63, 3.8) is 0 Å². The van der Waals surface area contributed by atoms with Gasteiger partial charge in [-0.2, -0.15) is 0 Å². The van der Waals surface area contributed by atoms with E-state index in [1.807, 2.05) is 0 Å². The summed E-state index contributed by atoms with van der Waals surface area (Å²) in [4.78, 5) is 10.6. The van der Waals surface area contributed by atoms with Crippen molar-refractivity contribution in [1.29, 1.82) is 0 Å². The molecule has 0 atom stereocenters. The molecule has 5 heteroatoms. The van der Waals surface area contributed by atoms with Crippen LogP contribution in [0.1, 0.15) is 39.5 Å². The van der Waals surface area contributed by atoms with Crippen LogP contribution in [0.2, 0.25) is 0 Å². The molecule has 0 heterocycles. The molecule has 0 aliphatic rings. The van der Waals surface area contributed by atoms with E-state index in [4.69, 9.17) is 10.5 Å². The average Bonchev–Trinajstić information content (AvgIpc) is 2.39. The maximum Gasteiger partial charge on any atom is 0.310 e. The molecule has 0 bridgehead atoms. The number of hydrogen-bond acceptors (Lipinski definition) is 4. The summed E-state index contributed by atoms with van der Waals surface area (Å²) in [5.41, 5.74) is 5.35. The summed E-state index contributed by atoms with van der Waals surface area (Å²) < 4.78 is 5.96. The molecule has 1 aromatic carbocycles. The van der Waals surface area contributed by atoms with Crippen LogP contribution < -0.4 is 10.5 Å². The highest BCUT2D eigenvalue weighted by Crippen LogP contribution is 2.33. The maximum atomic E-state index is 11.0. The Labute approximate surface area is 113 Å². The van der Waals surface area contributed by atoms with E-state index in [0.717, 1.165) is 25.7 Å². The van der Waals surface area contributed by atoms with Gasteiger partial charge in [0.25, 0.3) is 0 Å². The Morgan fingerprint density at radius 3 is 2.32 bits per heavy atom. The third kappa shape index (κ3) is 3.92. The molecule has 0 aliphatic carbocycles. The van der Waals surface area contributed by atoms with Gasteiger partial charge in [0.1, 0.15) is 5.60 Å². The number of benzene rings is 1. The quantitative estimate of drug-likeness (QED) is 0.578. The van der Waals surface area contributed by atoms with E-state index >= 15 is 0 Å². The van der Waals surface area contributed by atoms with Gasteiger partial charge in [-0.25, -0.2) is 0 Å². The van der Waals surface area contributed by atoms with E-state index in [0.29, 0.717) is 12.3 Å². The molecular weight excluding hydrogens is 244 g/mol. The van der Waals surface area contributed by atoms with Crippen molar-refractivity contribution < 1.29 is 9.66 Å². The molecule has 0 aliphatic heterocycles. The highest BCUT2D eigenvalue weighted by atomic mass is 16.6. The minimum Gasteiger partial charge on any atom is -0.479 e. The normalized spacial score (nSPS) is 11.3. The van der Waals surface area contributed by atoms with Gasteiger partial charge in [0, 0.05) is 12.6 Å². The first-order valence-electron chi connectivity index (χ1n) is 6.71. The van der Waals surface area contributed by atoms with Crippen LogP contribution in [0, 0.1) is 10.1 Å². The number of nitro benzene ring substituents is 1. The number of nitrogens with zero attached hydrogens (tertiary/aromatic N) is 1. The number of nitrogens with two attached hydrogens (primary N) is 1. The van der Waals surface area contributed by atoms with Crippen molar-refractivity contribution in [2.75, 3.05) is 6.54 Å². The van der Waals surface area contributed by atoms with Gasteiger partial charge < -0.3 is 10.5 Å². The Kier molecular flexibility index (Phi) is 5.76. The van der Waals surface area contributed by atoms with Gasteiger partial charge in [-0.3, -0.25) is 10.1 Å². The molecular formula is C14H22N2O3. The Hall–Kier alpha value is -1.62. The Morgan fingerprint density at radius 2 is 1.84 bits per heavy atom. The second-order valence-electron chi connectivity index (χ2n) is 4.71. The molecule has 0 radical (unpaired) electrons. The van der Waals surface area contributed by atoms with E-state index in [9.17, 15) is 10.1 Å². The predicted octanol–water partition coefficient (Wildman–Crippen LogP) is 3.27. The van der Waals surface area contributed by atoms with Gasteiger partial charge in [-0.1, -0.05) is 38.8 Å². The second-order valence-corrected chi connectivity index (χ2v) is 4.71. The standard InChI is InChI=1S/C14H22N2O3/c1-3-9-14(11-15,10-4-2)19-13-8-6-5-7-12(13)16(17)18/h5-8H,3-4,9-11,15H2,1-2H3. The number of nitro groups is 1. The van der Waals surface area contributed by atoms with Crippen LogP contribution in [0.25, 0.3) is 0 Å². The lowest BCUT2D eigenvalue weighted by atomic mass is 9.92. The fourth-order valence-corrected chi connectivity index (χ4v) is 2.31. The molecule has 0 saturated heterocycles. The van der Waals surface area contributed by atoms with Gasteiger partial charge in [0.15, 0.2) is 5.75 Å². The van der Waals surface area contributed by atoms with Gasteiger partial charge in [0.2, 0.25) is 0 Å². The number of para-hydroxylation sites is 2. The largest absolute Gasteiger partial charge is 0.479 e. The molecule has 0 unspecified atom stereocenters. The zero-order valence-corrected chi connectivity index (χ0v) is 11.6. The maximum absolute atomic E-state index is 11.0. The summed E-state index contributed by atoms with van der Waals surface area (Å²) in [6, 6.07) is 6.46. The van der Waals surface area contributed by atoms with Crippen LogP contribution in [0.15, 0.2) is 24.3 Å². The van der Waals surface area contributed by atoms with E-state index in [-0.39, 0.29) is 5.69 Å². The van der Waals surface area contributed by atoms with Gasteiger partial charge in [-0.05, 0) is 18.9 Å². The molecule has 0 spiro atoms. The molecule has 2 N–H and O–H groups in total. The summed E-state index contributed by atoms with van der Waals surface area (Å²) in [5.74, 6) is 0.305. The fraction of sp³-hybridized carbons (Fsp3) is 0.571. The number of hydrogen-bond donors (Lipinski definition) is 1. The molecule has 0 saturated carbocycles. The Balaban J connectivity index is 3.05. The van der Waals surface area contributed by atoms with Crippen LogP contribution in [0.5, 0.6) is 5.75 Å². The smallest absolute Gasteiger partial charge is 0.310 e. The fourth-order valence-electron chi connectivity index (χ4n) is 2.31. The summed E-state index contributed by atoms with van der Waals surface area (Å²) in [7, 11) is 0. The van der Waals surface area contributed by atoms with E-state index in [1.165, 1.54) is 6.07 Å². The minimum absolute atomic E-state index is 0.00692. The topological polar surface area (TPSA) is 78.4 Å². The molecule has 1 rings (SSSR count). The zero-order valence-electron chi connectivity index (χ0n) is 11.6. The molecule has 1 aromatic rings. The predicted molar refractivity (Wildman–Crippen MR) is 75.3 cm³/mol.